The summed E-state index contributed by atoms with van der Waals surface area (Å²) in [4.78, 5) is 4.39. The van der Waals surface area contributed by atoms with E-state index in [2.05, 4.69) is 25.7 Å². The number of nitrogens with zero attached hydrogens (tertiary/aromatic N) is 6. The van der Waals surface area contributed by atoms with Crippen molar-refractivity contribution >= 4 is 23.1 Å². The molecule has 1 aromatic carbocycles. The van der Waals surface area contributed by atoms with Gasteiger partial charge in [0.15, 0.2) is 0 Å². The predicted octanol–water partition coefficient (Wildman–Crippen LogP) is 3.07. The van der Waals surface area contributed by atoms with Gasteiger partial charge < -0.3 is 9.26 Å². The lowest BCUT2D eigenvalue weighted by molar-refractivity contribution is 0.391. The average molecular weight is 372 g/mol. The van der Waals surface area contributed by atoms with Crippen LogP contribution in [0.5, 0.6) is 5.75 Å². The molecule has 0 aliphatic heterocycles. The molecule has 3 heterocycles. The van der Waals surface area contributed by atoms with Gasteiger partial charge >= 0.3 is 0 Å². The van der Waals surface area contributed by atoms with Crippen molar-refractivity contribution in [3.05, 3.63) is 47.0 Å². The predicted molar refractivity (Wildman–Crippen MR) is 92.9 cm³/mol. The van der Waals surface area contributed by atoms with Crippen LogP contribution in [0.1, 0.15) is 5.89 Å². The molecule has 8 nitrogen and oxygen atoms in total. The normalized spacial score (nSPS) is 10.9. The van der Waals surface area contributed by atoms with E-state index < -0.39 is 0 Å². The maximum absolute atomic E-state index is 5.29. The highest BCUT2D eigenvalue weighted by atomic mass is 32.2. The van der Waals surface area contributed by atoms with Gasteiger partial charge in [-0.05, 0) is 46.1 Å². The van der Waals surface area contributed by atoms with Crippen molar-refractivity contribution in [3.8, 4) is 22.8 Å². The van der Waals surface area contributed by atoms with Crippen molar-refractivity contribution in [1.82, 2.24) is 30.3 Å². The summed E-state index contributed by atoms with van der Waals surface area (Å²) in [5.74, 6) is 2.37. The molecule has 10 heteroatoms. The van der Waals surface area contributed by atoms with E-state index in [1.807, 2.05) is 41.1 Å². The number of aromatic nitrogens is 6. The Bertz CT molecular complexity index is 949. The molecule has 4 aromatic rings. The fourth-order valence-corrected chi connectivity index (χ4v) is 3.47. The topological polar surface area (TPSA) is 91.8 Å². The van der Waals surface area contributed by atoms with Crippen LogP contribution in [0, 0.1) is 0 Å². The highest BCUT2D eigenvalue weighted by molar-refractivity contribution is 7.98. The third kappa shape index (κ3) is 3.39. The summed E-state index contributed by atoms with van der Waals surface area (Å²) in [5, 5.41) is 20.4. The molecule has 4 rings (SSSR count). The van der Waals surface area contributed by atoms with E-state index in [9.17, 15) is 0 Å². The van der Waals surface area contributed by atoms with E-state index >= 15 is 0 Å². The quantitative estimate of drug-likeness (QED) is 0.477. The second-order valence-corrected chi connectivity index (χ2v) is 6.61. The highest BCUT2D eigenvalue weighted by Crippen LogP contribution is 2.25. The van der Waals surface area contributed by atoms with Crippen molar-refractivity contribution in [3.63, 3.8) is 0 Å². The standard InChI is InChI=1S/C15H12N6O2S2/c1-22-12-4-2-11(3-5-12)21-15(17-19-20-21)25-9-13-16-14(18-23-13)10-6-7-24-8-10/h2-8H,9H2,1H3. The van der Waals surface area contributed by atoms with Crippen molar-refractivity contribution in [2.24, 2.45) is 0 Å². The number of thiophene rings is 1. The fraction of sp³-hybridized carbons (Fsp3) is 0.133. The molecule has 0 amide bonds. The van der Waals surface area contributed by atoms with E-state index in [0.29, 0.717) is 22.6 Å². The lowest BCUT2D eigenvalue weighted by atomic mass is 10.3. The summed E-state index contributed by atoms with van der Waals surface area (Å²) in [6, 6.07) is 9.45. The number of thioether (sulfide) groups is 1. The first-order valence-corrected chi connectivity index (χ1v) is 9.17. The molecule has 0 unspecified atom stereocenters. The largest absolute Gasteiger partial charge is 0.497 e. The van der Waals surface area contributed by atoms with Crippen molar-refractivity contribution in [2.45, 2.75) is 10.9 Å². The second kappa shape index (κ2) is 7.03. The number of tetrazole rings is 1. The molecule has 0 N–H and O–H groups in total. The van der Waals surface area contributed by atoms with Crippen LogP contribution in [-0.2, 0) is 5.75 Å². The molecule has 0 spiro atoms. The Labute approximate surface area is 150 Å². The zero-order chi connectivity index (χ0) is 17.1. The molecular formula is C15H12N6O2S2. The van der Waals surface area contributed by atoms with Crippen molar-refractivity contribution in [1.29, 1.82) is 0 Å². The van der Waals surface area contributed by atoms with Gasteiger partial charge in [-0.25, -0.2) is 0 Å². The number of benzene rings is 1. The fourth-order valence-electron chi connectivity index (χ4n) is 2.10. The number of ether oxygens (including phenoxy) is 1. The molecule has 0 atom stereocenters. The van der Waals surface area contributed by atoms with Crippen LogP contribution < -0.4 is 4.74 Å². The Hall–Kier alpha value is -2.72. The Morgan fingerprint density at radius 3 is 2.88 bits per heavy atom. The second-order valence-electron chi connectivity index (χ2n) is 4.88. The smallest absolute Gasteiger partial charge is 0.237 e. The lowest BCUT2D eigenvalue weighted by Crippen LogP contribution is -1.99. The maximum Gasteiger partial charge on any atom is 0.237 e. The van der Waals surface area contributed by atoms with E-state index in [4.69, 9.17) is 9.26 Å². The zero-order valence-corrected chi connectivity index (χ0v) is 14.7. The van der Waals surface area contributed by atoms with Crippen LogP contribution in [0.4, 0.5) is 0 Å². The van der Waals surface area contributed by atoms with Gasteiger partial charge in [0.1, 0.15) is 5.75 Å². The van der Waals surface area contributed by atoms with Gasteiger partial charge in [0.05, 0.1) is 18.6 Å². The number of methoxy groups -OCH3 is 1. The van der Waals surface area contributed by atoms with Crippen molar-refractivity contribution < 1.29 is 9.26 Å². The van der Waals surface area contributed by atoms with Gasteiger partial charge in [-0.15, -0.1) is 5.10 Å². The van der Waals surface area contributed by atoms with Crippen LogP contribution >= 0.6 is 23.1 Å². The molecule has 0 aliphatic carbocycles. The summed E-state index contributed by atoms with van der Waals surface area (Å²) < 4.78 is 12.1. The summed E-state index contributed by atoms with van der Waals surface area (Å²) in [5.41, 5.74) is 1.80. The van der Waals surface area contributed by atoms with Crippen LogP contribution in [0.3, 0.4) is 0 Å². The summed E-state index contributed by atoms with van der Waals surface area (Å²) in [6.45, 7) is 0. The van der Waals surface area contributed by atoms with Gasteiger partial charge in [0.25, 0.3) is 0 Å². The molecule has 0 radical (unpaired) electrons. The lowest BCUT2D eigenvalue weighted by Gasteiger charge is -2.04. The summed E-state index contributed by atoms with van der Waals surface area (Å²) in [6.07, 6.45) is 0. The molecule has 3 aromatic heterocycles. The number of rotatable bonds is 6. The van der Waals surface area contributed by atoms with Crippen LogP contribution in [-0.4, -0.2) is 37.5 Å². The summed E-state index contributed by atoms with van der Waals surface area (Å²) >= 11 is 3.02. The Balaban J connectivity index is 1.48. The Morgan fingerprint density at radius 2 is 2.12 bits per heavy atom. The van der Waals surface area contributed by atoms with E-state index in [-0.39, 0.29) is 0 Å². The highest BCUT2D eigenvalue weighted by Gasteiger charge is 2.13. The first kappa shape index (κ1) is 15.8. The zero-order valence-electron chi connectivity index (χ0n) is 13.1. The maximum atomic E-state index is 5.29. The molecular weight excluding hydrogens is 360 g/mol. The third-order valence-corrected chi connectivity index (χ3v) is 4.92. The average Bonchev–Trinajstić information content (AvgIpc) is 3.40. The minimum absolute atomic E-state index is 0.480. The minimum Gasteiger partial charge on any atom is -0.497 e. The van der Waals surface area contributed by atoms with Gasteiger partial charge in [-0.1, -0.05) is 16.9 Å². The molecule has 0 bridgehead atoms. The Morgan fingerprint density at radius 1 is 1.24 bits per heavy atom. The molecule has 0 saturated heterocycles. The van der Waals surface area contributed by atoms with E-state index in [1.165, 1.54) is 11.8 Å². The molecule has 126 valence electrons. The van der Waals surface area contributed by atoms with Gasteiger partial charge in [0, 0.05) is 10.9 Å². The minimum atomic E-state index is 0.480. The SMILES string of the molecule is COc1ccc(-n2nnnc2SCc2nc(-c3ccsc3)no2)cc1. The molecule has 0 saturated carbocycles. The number of hydrogen-bond donors (Lipinski definition) is 0. The first-order valence-electron chi connectivity index (χ1n) is 7.24. The number of hydrogen-bond acceptors (Lipinski definition) is 9. The molecule has 0 fully saturated rings. The van der Waals surface area contributed by atoms with Crippen LogP contribution in [0.15, 0.2) is 50.8 Å². The van der Waals surface area contributed by atoms with Gasteiger partial charge in [-0.2, -0.15) is 21.0 Å². The van der Waals surface area contributed by atoms with Crippen molar-refractivity contribution in [2.75, 3.05) is 7.11 Å². The Kier molecular flexibility index (Phi) is 4.44. The first-order chi connectivity index (χ1) is 12.3. The molecule has 0 aliphatic rings. The van der Waals surface area contributed by atoms with Gasteiger partial charge in [-0.3, -0.25) is 0 Å². The summed E-state index contributed by atoms with van der Waals surface area (Å²) in [7, 11) is 1.63. The molecule has 25 heavy (non-hydrogen) atoms. The third-order valence-electron chi connectivity index (χ3n) is 3.33. The van der Waals surface area contributed by atoms with Crippen LogP contribution in [0.2, 0.25) is 0 Å². The monoisotopic (exact) mass is 372 g/mol. The van der Waals surface area contributed by atoms with E-state index in [1.54, 1.807) is 23.1 Å². The van der Waals surface area contributed by atoms with Gasteiger partial charge in [0.2, 0.25) is 16.9 Å². The van der Waals surface area contributed by atoms with E-state index in [0.717, 1.165) is 17.0 Å². The van der Waals surface area contributed by atoms with Crippen LogP contribution in [0.25, 0.3) is 17.1 Å².